The molecule has 1 spiro atoms. The summed E-state index contributed by atoms with van der Waals surface area (Å²) in [6, 6.07) is 3.99. The summed E-state index contributed by atoms with van der Waals surface area (Å²) < 4.78 is 2.11. The smallest absolute Gasteiger partial charge is 0.222 e. The Kier molecular flexibility index (Phi) is 5.20. The summed E-state index contributed by atoms with van der Waals surface area (Å²) in [5, 5.41) is 8.30. The highest BCUT2D eigenvalue weighted by molar-refractivity contribution is 5.77. The monoisotopic (exact) mass is 368 g/mol. The van der Waals surface area contributed by atoms with Crippen LogP contribution in [0.2, 0.25) is 0 Å². The molecule has 27 heavy (non-hydrogen) atoms. The average Bonchev–Trinajstić information content (AvgIpc) is 3.15. The van der Waals surface area contributed by atoms with Gasteiger partial charge in [0, 0.05) is 38.4 Å². The third kappa shape index (κ3) is 4.03. The Morgan fingerprint density at radius 2 is 2.04 bits per heavy atom. The van der Waals surface area contributed by atoms with Gasteiger partial charge in [0.1, 0.15) is 12.2 Å². The average molecular weight is 368 g/mol. The molecule has 2 aromatic heterocycles. The number of likely N-dealkylation sites (tertiary alicyclic amines) is 2. The summed E-state index contributed by atoms with van der Waals surface area (Å²) in [6.07, 6.45) is 9.43. The normalized spacial score (nSPS) is 20.3. The van der Waals surface area contributed by atoms with Crippen molar-refractivity contribution in [3.63, 3.8) is 0 Å². The number of carbonyl (C=O) groups is 1. The van der Waals surface area contributed by atoms with E-state index in [0.717, 1.165) is 63.4 Å². The van der Waals surface area contributed by atoms with E-state index in [4.69, 9.17) is 0 Å². The molecule has 4 heterocycles. The van der Waals surface area contributed by atoms with Gasteiger partial charge in [0.15, 0.2) is 0 Å². The highest BCUT2D eigenvalue weighted by Crippen LogP contribution is 2.40. The summed E-state index contributed by atoms with van der Waals surface area (Å²) in [7, 11) is 0. The van der Waals surface area contributed by atoms with Crippen molar-refractivity contribution in [3.8, 4) is 0 Å². The topological polar surface area (TPSA) is 67.2 Å². The maximum atomic E-state index is 12.4. The lowest BCUT2D eigenvalue weighted by Gasteiger charge is -2.47. The Labute approximate surface area is 160 Å². The van der Waals surface area contributed by atoms with Crippen LogP contribution in [0.15, 0.2) is 30.9 Å². The molecule has 2 aliphatic rings. The summed E-state index contributed by atoms with van der Waals surface area (Å²) in [5.41, 5.74) is 1.38. The number of hydrogen-bond donors (Lipinski definition) is 0. The first-order valence-electron chi connectivity index (χ1n) is 9.93. The molecule has 4 rings (SSSR count). The second-order valence-electron chi connectivity index (χ2n) is 7.92. The van der Waals surface area contributed by atoms with Gasteiger partial charge in [0.25, 0.3) is 0 Å². The van der Waals surface area contributed by atoms with Crippen LogP contribution in [0.1, 0.15) is 44.0 Å². The summed E-state index contributed by atoms with van der Waals surface area (Å²) in [4.78, 5) is 21.2. The molecular formula is C20H28N6O. The van der Waals surface area contributed by atoms with Crippen LogP contribution in [0, 0.1) is 5.41 Å². The van der Waals surface area contributed by atoms with Gasteiger partial charge in [0.05, 0.1) is 6.54 Å². The molecule has 2 saturated heterocycles. The van der Waals surface area contributed by atoms with E-state index in [-0.39, 0.29) is 11.3 Å². The van der Waals surface area contributed by atoms with E-state index in [0.29, 0.717) is 13.0 Å². The number of aryl methyl sites for hydroxylation is 1. The van der Waals surface area contributed by atoms with E-state index < -0.39 is 0 Å². The molecule has 7 heteroatoms. The van der Waals surface area contributed by atoms with Gasteiger partial charge < -0.3 is 9.47 Å². The predicted molar refractivity (Wildman–Crippen MR) is 102 cm³/mol. The second kappa shape index (κ2) is 7.76. The summed E-state index contributed by atoms with van der Waals surface area (Å²) in [5.74, 6) is 1.33. The quantitative estimate of drug-likeness (QED) is 0.808. The number of nitrogens with zero attached hydrogens (tertiary/aromatic N) is 6. The molecule has 0 unspecified atom stereocenters. The molecule has 1 amide bonds. The van der Waals surface area contributed by atoms with E-state index in [2.05, 4.69) is 31.6 Å². The Morgan fingerprint density at radius 1 is 1.19 bits per heavy atom. The Bertz CT molecular complexity index is 766. The van der Waals surface area contributed by atoms with Gasteiger partial charge in [-0.1, -0.05) is 6.07 Å². The predicted octanol–water partition coefficient (Wildman–Crippen LogP) is 2.10. The minimum atomic E-state index is 0.269. The van der Waals surface area contributed by atoms with Crippen LogP contribution in [-0.4, -0.2) is 55.1 Å². The first kappa shape index (κ1) is 18.1. The number of piperidine rings is 2. The lowest BCUT2D eigenvalue weighted by atomic mass is 9.72. The van der Waals surface area contributed by atoms with Crippen molar-refractivity contribution in [2.75, 3.05) is 19.6 Å². The van der Waals surface area contributed by atoms with Gasteiger partial charge >= 0.3 is 0 Å². The van der Waals surface area contributed by atoms with E-state index >= 15 is 0 Å². The molecule has 7 nitrogen and oxygen atoms in total. The highest BCUT2D eigenvalue weighted by Gasteiger charge is 2.41. The molecular weight excluding hydrogens is 340 g/mol. The fraction of sp³-hybridized carbons (Fsp3) is 0.600. The zero-order chi connectivity index (χ0) is 18.7. The summed E-state index contributed by atoms with van der Waals surface area (Å²) in [6.45, 7) is 7.57. The van der Waals surface area contributed by atoms with Crippen molar-refractivity contribution in [3.05, 3.63) is 42.2 Å². The molecule has 0 aliphatic carbocycles. The Hall–Kier alpha value is -2.28. The van der Waals surface area contributed by atoms with Crippen molar-refractivity contribution >= 4 is 5.91 Å². The maximum absolute atomic E-state index is 12.4. The zero-order valence-corrected chi connectivity index (χ0v) is 16.0. The second-order valence-corrected chi connectivity index (χ2v) is 7.92. The molecule has 0 saturated carbocycles. The maximum Gasteiger partial charge on any atom is 0.222 e. The lowest BCUT2D eigenvalue weighted by Crippen LogP contribution is -2.51. The molecule has 2 aromatic rings. The van der Waals surface area contributed by atoms with Crippen molar-refractivity contribution in [1.29, 1.82) is 0 Å². The van der Waals surface area contributed by atoms with Gasteiger partial charge in [-0.2, -0.15) is 0 Å². The molecule has 2 fully saturated rings. The minimum Gasteiger partial charge on any atom is -0.338 e. The van der Waals surface area contributed by atoms with Crippen LogP contribution < -0.4 is 0 Å². The largest absolute Gasteiger partial charge is 0.338 e. The van der Waals surface area contributed by atoms with Crippen molar-refractivity contribution in [2.45, 2.75) is 52.2 Å². The molecule has 0 radical (unpaired) electrons. The van der Waals surface area contributed by atoms with E-state index in [9.17, 15) is 4.79 Å². The number of amides is 1. The first-order valence-corrected chi connectivity index (χ1v) is 9.93. The Morgan fingerprint density at radius 3 is 2.78 bits per heavy atom. The molecule has 0 N–H and O–H groups in total. The van der Waals surface area contributed by atoms with E-state index in [1.54, 1.807) is 6.20 Å². The SMILES string of the molecule is CCn1cnnc1CN1CCC2(CCC(=O)N(Cc3cccnc3)C2)CC1. The molecule has 0 bridgehead atoms. The molecule has 0 aromatic carbocycles. The van der Waals surface area contributed by atoms with Gasteiger partial charge in [-0.05, 0) is 56.3 Å². The van der Waals surface area contributed by atoms with Crippen molar-refractivity contribution in [2.24, 2.45) is 5.41 Å². The molecule has 0 atom stereocenters. The van der Waals surface area contributed by atoms with Crippen LogP contribution in [0.3, 0.4) is 0 Å². The third-order valence-electron chi connectivity index (χ3n) is 6.16. The zero-order valence-electron chi connectivity index (χ0n) is 16.0. The fourth-order valence-corrected chi connectivity index (χ4v) is 4.42. The lowest BCUT2D eigenvalue weighted by molar-refractivity contribution is -0.140. The fourth-order valence-electron chi connectivity index (χ4n) is 4.42. The van der Waals surface area contributed by atoms with Crippen LogP contribution >= 0.6 is 0 Å². The van der Waals surface area contributed by atoms with Crippen molar-refractivity contribution in [1.82, 2.24) is 29.5 Å². The van der Waals surface area contributed by atoms with Gasteiger partial charge in [0.2, 0.25) is 5.91 Å². The van der Waals surface area contributed by atoms with Gasteiger partial charge in [-0.25, -0.2) is 0 Å². The number of carbonyl (C=O) groups excluding carboxylic acids is 1. The van der Waals surface area contributed by atoms with E-state index in [1.807, 2.05) is 29.6 Å². The van der Waals surface area contributed by atoms with Gasteiger partial charge in [-0.3, -0.25) is 14.7 Å². The first-order chi connectivity index (χ1) is 13.2. The van der Waals surface area contributed by atoms with Crippen LogP contribution in [0.5, 0.6) is 0 Å². The molecule has 144 valence electrons. The van der Waals surface area contributed by atoms with Crippen LogP contribution in [-0.2, 0) is 24.4 Å². The highest BCUT2D eigenvalue weighted by atomic mass is 16.2. The third-order valence-corrected chi connectivity index (χ3v) is 6.16. The summed E-state index contributed by atoms with van der Waals surface area (Å²) >= 11 is 0. The number of aromatic nitrogens is 4. The minimum absolute atomic E-state index is 0.269. The van der Waals surface area contributed by atoms with Crippen LogP contribution in [0.25, 0.3) is 0 Å². The number of rotatable bonds is 5. The molecule has 2 aliphatic heterocycles. The van der Waals surface area contributed by atoms with Crippen LogP contribution in [0.4, 0.5) is 0 Å². The number of hydrogen-bond acceptors (Lipinski definition) is 5. The van der Waals surface area contributed by atoms with E-state index in [1.165, 1.54) is 0 Å². The standard InChI is InChI=1S/C20H28N6O/c1-2-25-16-22-23-18(25)14-24-10-7-20(8-11-24)6-5-19(27)26(15-20)13-17-4-3-9-21-12-17/h3-4,9,12,16H,2,5-8,10-11,13-15H2,1H3. The van der Waals surface area contributed by atoms with Gasteiger partial charge in [-0.15, -0.1) is 10.2 Å². The number of pyridine rings is 1. The Balaban J connectivity index is 1.36. The van der Waals surface area contributed by atoms with Crippen molar-refractivity contribution < 1.29 is 4.79 Å².